The van der Waals surface area contributed by atoms with E-state index in [2.05, 4.69) is 17.1 Å². The fourth-order valence-corrected chi connectivity index (χ4v) is 3.70. The summed E-state index contributed by atoms with van der Waals surface area (Å²) in [4.78, 5) is 2.69. The van der Waals surface area contributed by atoms with Crippen molar-refractivity contribution in [3.8, 4) is 0 Å². The van der Waals surface area contributed by atoms with E-state index in [1.54, 1.807) is 0 Å². The molecule has 0 bridgehead atoms. The second-order valence-corrected chi connectivity index (χ2v) is 6.44. The lowest BCUT2D eigenvalue weighted by Gasteiger charge is -2.35. The molecule has 0 aromatic heterocycles. The maximum absolute atomic E-state index is 5.24. The molecule has 2 unspecified atom stereocenters. The van der Waals surface area contributed by atoms with Gasteiger partial charge in [0.15, 0.2) is 0 Å². The van der Waals surface area contributed by atoms with Gasteiger partial charge in [-0.25, -0.2) is 0 Å². The van der Waals surface area contributed by atoms with Gasteiger partial charge in [0.2, 0.25) is 0 Å². The number of nitrogens with zero attached hydrogens (tertiary/aromatic N) is 1. The third-order valence-corrected chi connectivity index (χ3v) is 5.04. The number of ether oxygens (including phenoxy) is 1. The van der Waals surface area contributed by atoms with Crippen LogP contribution in [0.1, 0.15) is 51.9 Å². The van der Waals surface area contributed by atoms with Crippen molar-refractivity contribution < 1.29 is 4.74 Å². The predicted molar refractivity (Wildman–Crippen MR) is 80.5 cm³/mol. The van der Waals surface area contributed by atoms with Crippen LogP contribution in [0.2, 0.25) is 0 Å². The molecule has 112 valence electrons. The number of hydrogen-bond acceptors (Lipinski definition) is 3. The zero-order valence-corrected chi connectivity index (χ0v) is 12.9. The first kappa shape index (κ1) is 15.3. The summed E-state index contributed by atoms with van der Waals surface area (Å²) in [6.45, 7) is 6.95. The molecule has 0 radical (unpaired) electrons. The van der Waals surface area contributed by atoms with E-state index in [0.717, 1.165) is 25.0 Å². The molecule has 1 heterocycles. The Morgan fingerprint density at radius 3 is 2.74 bits per heavy atom. The third kappa shape index (κ3) is 4.73. The minimum absolute atomic E-state index is 0.658. The molecule has 1 saturated heterocycles. The molecule has 0 spiro atoms. The van der Waals surface area contributed by atoms with Gasteiger partial charge < -0.3 is 10.1 Å². The maximum Gasteiger partial charge on any atom is 0.0477 e. The van der Waals surface area contributed by atoms with Gasteiger partial charge in [0.25, 0.3) is 0 Å². The van der Waals surface area contributed by atoms with Gasteiger partial charge in [-0.05, 0) is 51.6 Å². The van der Waals surface area contributed by atoms with Crippen molar-refractivity contribution in [3.63, 3.8) is 0 Å². The third-order valence-electron chi connectivity index (χ3n) is 5.04. The number of hydrogen-bond donors (Lipinski definition) is 1. The van der Waals surface area contributed by atoms with Crippen LogP contribution < -0.4 is 5.32 Å². The molecular formula is C16H32N2O. The van der Waals surface area contributed by atoms with Gasteiger partial charge in [0, 0.05) is 32.3 Å². The molecule has 1 saturated carbocycles. The summed E-state index contributed by atoms with van der Waals surface area (Å²) in [7, 11) is 1.81. The van der Waals surface area contributed by atoms with E-state index in [4.69, 9.17) is 4.74 Å². The highest BCUT2D eigenvalue weighted by Gasteiger charge is 2.28. The Balaban J connectivity index is 1.86. The van der Waals surface area contributed by atoms with Gasteiger partial charge in [0.1, 0.15) is 0 Å². The standard InChI is InChI=1S/C16H32N2O/c1-14(9-12-19-2)18-11-6-10-17-16(13-18)15-7-4-3-5-8-15/h14-17H,3-13H2,1-2H3. The summed E-state index contributed by atoms with van der Waals surface area (Å²) in [5.41, 5.74) is 0. The van der Waals surface area contributed by atoms with Crippen molar-refractivity contribution in [2.45, 2.75) is 64.0 Å². The Kier molecular flexibility index (Phi) is 6.62. The van der Waals surface area contributed by atoms with Crippen molar-refractivity contribution in [2.75, 3.05) is 33.4 Å². The minimum atomic E-state index is 0.658. The average Bonchev–Trinajstić information content (AvgIpc) is 2.71. The second kappa shape index (κ2) is 8.23. The normalized spacial score (nSPS) is 29.1. The topological polar surface area (TPSA) is 24.5 Å². The summed E-state index contributed by atoms with van der Waals surface area (Å²) in [6, 6.07) is 1.39. The molecular weight excluding hydrogens is 236 g/mol. The summed E-state index contributed by atoms with van der Waals surface area (Å²) in [5.74, 6) is 0.920. The fourth-order valence-electron chi connectivity index (χ4n) is 3.70. The second-order valence-electron chi connectivity index (χ2n) is 6.44. The van der Waals surface area contributed by atoms with E-state index in [1.807, 2.05) is 7.11 Å². The van der Waals surface area contributed by atoms with Crippen LogP contribution in [-0.2, 0) is 4.74 Å². The largest absolute Gasteiger partial charge is 0.385 e. The Labute approximate surface area is 119 Å². The zero-order chi connectivity index (χ0) is 13.5. The van der Waals surface area contributed by atoms with E-state index in [1.165, 1.54) is 58.2 Å². The van der Waals surface area contributed by atoms with E-state index >= 15 is 0 Å². The maximum atomic E-state index is 5.24. The summed E-state index contributed by atoms with van der Waals surface area (Å²) >= 11 is 0. The predicted octanol–water partition coefficient (Wildman–Crippen LogP) is 2.66. The monoisotopic (exact) mass is 268 g/mol. The lowest BCUT2D eigenvalue weighted by molar-refractivity contribution is 0.126. The molecule has 0 aromatic carbocycles. The highest BCUT2D eigenvalue weighted by molar-refractivity contribution is 4.86. The molecule has 2 fully saturated rings. The van der Waals surface area contributed by atoms with Crippen LogP contribution in [0.5, 0.6) is 0 Å². The summed E-state index contributed by atoms with van der Waals surface area (Å²) < 4.78 is 5.24. The molecule has 19 heavy (non-hydrogen) atoms. The number of rotatable bonds is 5. The van der Waals surface area contributed by atoms with Crippen molar-refractivity contribution in [2.24, 2.45) is 5.92 Å². The molecule has 2 aliphatic rings. The van der Waals surface area contributed by atoms with Crippen LogP contribution in [0.3, 0.4) is 0 Å². The first-order chi connectivity index (χ1) is 9.31. The van der Waals surface area contributed by atoms with Crippen LogP contribution in [0, 0.1) is 5.92 Å². The molecule has 1 aliphatic carbocycles. The summed E-state index contributed by atoms with van der Waals surface area (Å²) in [6.07, 6.45) is 9.69. The van der Waals surface area contributed by atoms with E-state index in [9.17, 15) is 0 Å². The van der Waals surface area contributed by atoms with Crippen LogP contribution in [0.4, 0.5) is 0 Å². The van der Waals surface area contributed by atoms with Crippen molar-refractivity contribution in [3.05, 3.63) is 0 Å². The highest BCUT2D eigenvalue weighted by Crippen LogP contribution is 2.28. The van der Waals surface area contributed by atoms with Gasteiger partial charge >= 0.3 is 0 Å². The highest BCUT2D eigenvalue weighted by atomic mass is 16.5. The Hall–Kier alpha value is -0.120. The molecule has 0 aromatic rings. The first-order valence-corrected chi connectivity index (χ1v) is 8.27. The lowest BCUT2D eigenvalue weighted by atomic mass is 9.83. The Morgan fingerprint density at radius 2 is 2.00 bits per heavy atom. The molecule has 1 aliphatic heterocycles. The van der Waals surface area contributed by atoms with Gasteiger partial charge in [-0.3, -0.25) is 4.90 Å². The number of methoxy groups -OCH3 is 1. The lowest BCUT2D eigenvalue weighted by Crippen LogP contribution is -2.46. The van der Waals surface area contributed by atoms with E-state index in [-0.39, 0.29) is 0 Å². The molecule has 2 atom stereocenters. The van der Waals surface area contributed by atoms with Gasteiger partial charge in [-0.15, -0.1) is 0 Å². The van der Waals surface area contributed by atoms with Gasteiger partial charge in [0.05, 0.1) is 0 Å². The average molecular weight is 268 g/mol. The van der Waals surface area contributed by atoms with Crippen LogP contribution in [0.25, 0.3) is 0 Å². The first-order valence-electron chi connectivity index (χ1n) is 8.27. The van der Waals surface area contributed by atoms with Crippen LogP contribution >= 0.6 is 0 Å². The zero-order valence-electron chi connectivity index (χ0n) is 12.9. The van der Waals surface area contributed by atoms with E-state index < -0.39 is 0 Å². The van der Waals surface area contributed by atoms with Gasteiger partial charge in [-0.2, -0.15) is 0 Å². The molecule has 1 N–H and O–H groups in total. The van der Waals surface area contributed by atoms with Crippen molar-refractivity contribution >= 4 is 0 Å². The van der Waals surface area contributed by atoms with Crippen LogP contribution in [-0.4, -0.2) is 50.3 Å². The molecule has 0 amide bonds. The van der Waals surface area contributed by atoms with E-state index in [0.29, 0.717) is 6.04 Å². The minimum Gasteiger partial charge on any atom is -0.385 e. The molecule has 3 nitrogen and oxygen atoms in total. The molecule has 2 rings (SSSR count). The Bertz CT molecular complexity index is 241. The van der Waals surface area contributed by atoms with Crippen molar-refractivity contribution in [1.82, 2.24) is 10.2 Å². The Morgan fingerprint density at radius 1 is 1.21 bits per heavy atom. The van der Waals surface area contributed by atoms with Gasteiger partial charge in [-0.1, -0.05) is 19.3 Å². The quantitative estimate of drug-likeness (QED) is 0.829. The summed E-state index contributed by atoms with van der Waals surface area (Å²) in [5, 5.41) is 3.82. The van der Waals surface area contributed by atoms with Crippen molar-refractivity contribution in [1.29, 1.82) is 0 Å². The number of nitrogens with one attached hydrogen (secondary N) is 1. The fraction of sp³-hybridized carbons (Fsp3) is 1.00. The SMILES string of the molecule is COCCC(C)N1CCCNC(C2CCCCC2)C1. The van der Waals surface area contributed by atoms with Crippen LogP contribution in [0.15, 0.2) is 0 Å². The smallest absolute Gasteiger partial charge is 0.0477 e. The molecule has 3 heteroatoms.